The van der Waals surface area contributed by atoms with Gasteiger partial charge < -0.3 is 9.84 Å². The zero-order valence-corrected chi connectivity index (χ0v) is 9.27. The van der Waals surface area contributed by atoms with Crippen LogP contribution in [0.1, 0.15) is 35.2 Å². The van der Waals surface area contributed by atoms with E-state index in [1.54, 1.807) is 31.2 Å². The lowest BCUT2D eigenvalue weighted by Crippen LogP contribution is -2.11. The van der Waals surface area contributed by atoms with E-state index in [0.29, 0.717) is 17.5 Å². The minimum Gasteiger partial charge on any atom is -0.481 e. The molecule has 4 heteroatoms. The summed E-state index contributed by atoms with van der Waals surface area (Å²) in [6.07, 6.45) is 0.486. The van der Waals surface area contributed by atoms with Crippen molar-refractivity contribution in [3.05, 3.63) is 35.4 Å². The van der Waals surface area contributed by atoms with Crippen LogP contribution in [-0.4, -0.2) is 24.2 Å². The molecule has 0 aromatic heterocycles. The number of aliphatic carboxylic acids is 1. The molecule has 0 heterocycles. The van der Waals surface area contributed by atoms with E-state index in [-0.39, 0.29) is 0 Å². The maximum Gasteiger partial charge on any atom is 0.337 e. The Labute approximate surface area is 93.9 Å². The van der Waals surface area contributed by atoms with Gasteiger partial charge in [-0.1, -0.05) is 19.1 Å². The molecule has 0 amide bonds. The number of carboxylic acid groups (broad SMARTS) is 1. The third kappa shape index (κ3) is 2.59. The third-order valence-electron chi connectivity index (χ3n) is 2.42. The first kappa shape index (κ1) is 12.2. The van der Waals surface area contributed by atoms with E-state index in [1.165, 1.54) is 7.11 Å². The number of carbonyl (C=O) groups is 2. The van der Waals surface area contributed by atoms with Crippen molar-refractivity contribution in [1.29, 1.82) is 0 Å². The van der Waals surface area contributed by atoms with Gasteiger partial charge in [-0.05, 0) is 24.1 Å². The maximum absolute atomic E-state index is 11.3. The minimum atomic E-state index is -0.885. The van der Waals surface area contributed by atoms with Crippen LogP contribution < -0.4 is 0 Å². The quantitative estimate of drug-likeness (QED) is 0.792. The highest BCUT2D eigenvalue weighted by Crippen LogP contribution is 2.21. The summed E-state index contributed by atoms with van der Waals surface area (Å²) in [6.45, 7) is 1.80. The second-order valence-electron chi connectivity index (χ2n) is 3.42. The summed E-state index contributed by atoms with van der Waals surface area (Å²) in [5.41, 5.74) is 0.998. The molecule has 0 fully saturated rings. The van der Waals surface area contributed by atoms with E-state index in [2.05, 4.69) is 4.74 Å². The molecule has 0 bridgehead atoms. The fourth-order valence-electron chi connectivity index (χ4n) is 1.55. The van der Waals surface area contributed by atoms with Gasteiger partial charge in [0.15, 0.2) is 0 Å². The lowest BCUT2D eigenvalue weighted by Gasteiger charge is -2.10. The molecule has 0 radical (unpaired) electrons. The number of hydrogen-bond donors (Lipinski definition) is 1. The summed E-state index contributed by atoms with van der Waals surface area (Å²) in [7, 11) is 1.30. The van der Waals surface area contributed by atoms with Crippen LogP contribution >= 0.6 is 0 Å². The van der Waals surface area contributed by atoms with Gasteiger partial charge >= 0.3 is 11.9 Å². The van der Waals surface area contributed by atoms with E-state index in [1.807, 2.05) is 0 Å². The van der Waals surface area contributed by atoms with Crippen LogP contribution in [0.4, 0.5) is 0 Å². The normalized spacial score (nSPS) is 11.9. The van der Waals surface area contributed by atoms with Crippen LogP contribution in [0.15, 0.2) is 24.3 Å². The van der Waals surface area contributed by atoms with Crippen molar-refractivity contribution in [1.82, 2.24) is 0 Å². The Bertz CT molecular complexity index is 398. The smallest absolute Gasteiger partial charge is 0.337 e. The molecule has 1 N–H and O–H groups in total. The van der Waals surface area contributed by atoms with Crippen molar-refractivity contribution in [2.75, 3.05) is 7.11 Å². The van der Waals surface area contributed by atoms with Crippen molar-refractivity contribution >= 4 is 11.9 Å². The van der Waals surface area contributed by atoms with Gasteiger partial charge in [-0.15, -0.1) is 0 Å². The largest absolute Gasteiger partial charge is 0.481 e. The molecule has 1 aromatic carbocycles. The SMILES string of the molecule is CCC(C(=O)O)c1cccc(C(=O)OC)c1. The van der Waals surface area contributed by atoms with E-state index in [9.17, 15) is 9.59 Å². The maximum atomic E-state index is 11.3. The molecule has 0 aliphatic carbocycles. The number of carbonyl (C=O) groups excluding carboxylic acids is 1. The average Bonchev–Trinajstić information content (AvgIpc) is 2.29. The topological polar surface area (TPSA) is 63.6 Å². The minimum absolute atomic E-state index is 0.375. The zero-order valence-electron chi connectivity index (χ0n) is 9.27. The second kappa shape index (κ2) is 5.30. The molecule has 4 nitrogen and oxygen atoms in total. The van der Waals surface area contributed by atoms with E-state index >= 15 is 0 Å². The number of rotatable bonds is 4. The molecule has 0 aliphatic rings. The summed E-state index contributed by atoms with van der Waals surface area (Å²) in [5.74, 6) is -1.92. The second-order valence-corrected chi connectivity index (χ2v) is 3.42. The van der Waals surface area contributed by atoms with Crippen molar-refractivity contribution < 1.29 is 19.4 Å². The summed E-state index contributed by atoms with van der Waals surface area (Å²) in [6, 6.07) is 6.53. The molecule has 0 aliphatic heterocycles. The standard InChI is InChI=1S/C12H14O4/c1-3-10(11(13)14)8-5-4-6-9(7-8)12(15)16-2/h4-7,10H,3H2,1-2H3,(H,13,14). The Morgan fingerprint density at radius 1 is 1.44 bits per heavy atom. The molecule has 1 rings (SSSR count). The van der Waals surface area contributed by atoms with Gasteiger partial charge in [-0.25, -0.2) is 4.79 Å². The Morgan fingerprint density at radius 2 is 2.12 bits per heavy atom. The van der Waals surface area contributed by atoms with Gasteiger partial charge in [0.25, 0.3) is 0 Å². The number of benzene rings is 1. The number of methoxy groups -OCH3 is 1. The Balaban J connectivity index is 3.06. The average molecular weight is 222 g/mol. The molecular weight excluding hydrogens is 208 g/mol. The molecular formula is C12H14O4. The first-order chi connectivity index (χ1) is 7.60. The van der Waals surface area contributed by atoms with E-state index in [0.717, 1.165) is 0 Å². The van der Waals surface area contributed by atoms with Gasteiger partial charge in [0, 0.05) is 0 Å². The Morgan fingerprint density at radius 3 is 2.62 bits per heavy atom. The fraction of sp³-hybridized carbons (Fsp3) is 0.333. The summed E-state index contributed by atoms with van der Waals surface area (Å²) in [5, 5.41) is 9.00. The highest BCUT2D eigenvalue weighted by atomic mass is 16.5. The van der Waals surface area contributed by atoms with Crippen LogP contribution in [0.2, 0.25) is 0 Å². The van der Waals surface area contributed by atoms with E-state index in [4.69, 9.17) is 5.11 Å². The molecule has 86 valence electrons. The van der Waals surface area contributed by atoms with Crippen molar-refractivity contribution in [2.24, 2.45) is 0 Å². The lowest BCUT2D eigenvalue weighted by atomic mass is 9.95. The highest BCUT2D eigenvalue weighted by molar-refractivity contribution is 5.90. The zero-order chi connectivity index (χ0) is 12.1. The van der Waals surface area contributed by atoms with Crippen LogP contribution in [0.25, 0.3) is 0 Å². The number of carboxylic acids is 1. The number of esters is 1. The Kier molecular flexibility index (Phi) is 4.05. The van der Waals surface area contributed by atoms with Crippen molar-refractivity contribution in [3.8, 4) is 0 Å². The molecule has 1 aromatic rings. The van der Waals surface area contributed by atoms with Crippen LogP contribution in [-0.2, 0) is 9.53 Å². The van der Waals surface area contributed by atoms with Gasteiger partial charge in [-0.3, -0.25) is 4.79 Å². The van der Waals surface area contributed by atoms with Crippen molar-refractivity contribution in [3.63, 3.8) is 0 Å². The summed E-state index contributed by atoms with van der Waals surface area (Å²) < 4.78 is 4.58. The molecule has 1 atom stereocenters. The molecule has 0 saturated heterocycles. The predicted molar refractivity (Wildman–Crippen MR) is 58.4 cm³/mol. The molecule has 16 heavy (non-hydrogen) atoms. The third-order valence-corrected chi connectivity index (χ3v) is 2.42. The van der Waals surface area contributed by atoms with E-state index < -0.39 is 17.9 Å². The first-order valence-electron chi connectivity index (χ1n) is 5.01. The van der Waals surface area contributed by atoms with Gasteiger partial charge in [0.2, 0.25) is 0 Å². The van der Waals surface area contributed by atoms with Gasteiger partial charge in [-0.2, -0.15) is 0 Å². The van der Waals surface area contributed by atoms with Crippen LogP contribution in [0.5, 0.6) is 0 Å². The number of ether oxygens (including phenoxy) is 1. The monoisotopic (exact) mass is 222 g/mol. The predicted octanol–water partition coefficient (Wildman–Crippen LogP) is 2.05. The van der Waals surface area contributed by atoms with Crippen LogP contribution in [0, 0.1) is 0 Å². The summed E-state index contributed by atoms with van der Waals surface area (Å²) in [4.78, 5) is 22.2. The lowest BCUT2D eigenvalue weighted by molar-refractivity contribution is -0.138. The Hall–Kier alpha value is -1.84. The molecule has 0 saturated carbocycles. The van der Waals surface area contributed by atoms with Crippen LogP contribution in [0.3, 0.4) is 0 Å². The van der Waals surface area contributed by atoms with Crippen molar-refractivity contribution in [2.45, 2.75) is 19.3 Å². The fourth-order valence-corrected chi connectivity index (χ4v) is 1.55. The van der Waals surface area contributed by atoms with Gasteiger partial charge in [0.05, 0.1) is 18.6 Å². The summed E-state index contributed by atoms with van der Waals surface area (Å²) >= 11 is 0. The number of hydrogen-bond acceptors (Lipinski definition) is 3. The van der Waals surface area contributed by atoms with Gasteiger partial charge in [0.1, 0.15) is 0 Å². The molecule has 0 spiro atoms. The first-order valence-corrected chi connectivity index (χ1v) is 5.01. The molecule has 1 unspecified atom stereocenters. The highest BCUT2D eigenvalue weighted by Gasteiger charge is 2.18.